The summed E-state index contributed by atoms with van der Waals surface area (Å²) in [5.74, 6) is 0. The summed E-state index contributed by atoms with van der Waals surface area (Å²) >= 11 is 0. The number of fused-ring (bicyclic) bond motifs is 1. The molecular weight excluding hydrogens is 328 g/mol. The summed E-state index contributed by atoms with van der Waals surface area (Å²) in [4.78, 5) is 26.9. The fourth-order valence-electron chi connectivity index (χ4n) is 3.55. The smallest absolute Gasteiger partial charge is 0.319 e. The van der Waals surface area contributed by atoms with Crippen molar-refractivity contribution in [3.05, 3.63) is 40.8 Å². The Balaban J connectivity index is 1.53. The zero-order valence-electron chi connectivity index (χ0n) is 15.5. The molecule has 0 unspecified atom stereocenters. The third kappa shape index (κ3) is 4.64. The first-order valence-corrected chi connectivity index (χ1v) is 9.51. The lowest BCUT2D eigenvalue weighted by atomic mass is 10.1. The molecule has 1 saturated heterocycles. The Labute approximate surface area is 154 Å². The number of aromatic nitrogens is 1. The van der Waals surface area contributed by atoms with Gasteiger partial charge >= 0.3 is 6.03 Å². The lowest BCUT2D eigenvalue weighted by Crippen LogP contribution is -2.33. The van der Waals surface area contributed by atoms with Crippen molar-refractivity contribution in [1.82, 2.24) is 14.8 Å². The number of hydrogen-bond acceptors (Lipinski definition) is 3. The van der Waals surface area contributed by atoms with Gasteiger partial charge in [0.1, 0.15) is 0 Å². The number of carbonyl (C=O) groups is 1. The van der Waals surface area contributed by atoms with Crippen LogP contribution in [0.5, 0.6) is 0 Å². The number of rotatable bonds is 5. The molecule has 0 bridgehead atoms. The molecule has 6 heteroatoms. The topological polar surface area (TPSA) is 66.4 Å². The van der Waals surface area contributed by atoms with Crippen molar-refractivity contribution in [2.24, 2.45) is 7.05 Å². The van der Waals surface area contributed by atoms with Crippen LogP contribution in [0.3, 0.4) is 0 Å². The van der Waals surface area contributed by atoms with Crippen LogP contribution in [0.1, 0.15) is 32.1 Å². The Kier molecular flexibility index (Phi) is 6.28. The van der Waals surface area contributed by atoms with Crippen molar-refractivity contribution in [2.75, 3.05) is 31.5 Å². The first kappa shape index (κ1) is 18.5. The number of carbonyl (C=O) groups excluding carboxylic acids is 1. The van der Waals surface area contributed by atoms with Gasteiger partial charge < -0.3 is 20.1 Å². The quantitative estimate of drug-likeness (QED) is 0.810. The van der Waals surface area contributed by atoms with Crippen LogP contribution < -0.4 is 16.2 Å². The van der Waals surface area contributed by atoms with Gasteiger partial charge in [-0.05, 0) is 45.0 Å². The summed E-state index contributed by atoms with van der Waals surface area (Å²) in [6.07, 6.45) is 7.86. The molecule has 140 valence electrons. The molecule has 1 aromatic carbocycles. The van der Waals surface area contributed by atoms with E-state index in [9.17, 15) is 9.59 Å². The average Bonchev–Trinajstić information content (AvgIpc) is 2.92. The second-order valence-electron chi connectivity index (χ2n) is 6.99. The van der Waals surface area contributed by atoms with Gasteiger partial charge in [0.05, 0.1) is 5.69 Å². The van der Waals surface area contributed by atoms with E-state index < -0.39 is 0 Å². The fraction of sp³-hybridized carbons (Fsp3) is 0.500. The van der Waals surface area contributed by atoms with Gasteiger partial charge in [0.25, 0.3) is 5.56 Å². The molecule has 0 aliphatic carbocycles. The number of amides is 2. The number of hydrogen-bond donors (Lipinski definition) is 2. The molecule has 1 aliphatic heterocycles. The maximum absolute atomic E-state index is 12.2. The molecular formula is C20H28N4O2. The number of likely N-dealkylation sites (tertiary alicyclic amines) is 1. The maximum atomic E-state index is 12.2. The normalized spacial score (nSPS) is 15.6. The van der Waals surface area contributed by atoms with Gasteiger partial charge in [-0.25, -0.2) is 4.79 Å². The number of pyridine rings is 1. The Morgan fingerprint density at radius 3 is 2.50 bits per heavy atom. The minimum atomic E-state index is -0.232. The summed E-state index contributed by atoms with van der Waals surface area (Å²) in [6, 6.07) is 7.10. The van der Waals surface area contributed by atoms with Gasteiger partial charge in [0, 0.05) is 30.6 Å². The van der Waals surface area contributed by atoms with Gasteiger partial charge in [-0.2, -0.15) is 0 Å². The molecule has 0 saturated carbocycles. The van der Waals surface area contributed by atoms with Gasteiger partial charge in [0.2, 0.25) is 0 Å². The third-order valence-electron chi connectivity index (χ3n) is 4.97. The highest BCUT2D eigenvalue weighted by Gasteiger charge is 2.10. The van der Waals surface area contributed by atoms with Crippen molar-refractivity contribution in [3.63, 3.8) is 0 Å². The lowest BCUT2D eigenvalue weighted by molar-refractivity contribution is 0.249. The average molecular weight is 356 g/mol. The summed E-state index contributed by atoms with van der Waals surface area (Å²) in [6.45, 7) is 4.03. The highest BCUT2D eigenvalue weighted by atomic mass is 16.2. The standard InChI is InChI=1S/C20H28N4O2/c1-23-15-18(16-9-4-5-10-17(16)19(23)25)22-20(26)21-11-8-14-24-12-6-2-3-7-13-24/h4-5,9-10,15H,2-3,6-8,11-14H2,1H3,(H2,21,22,26). The number of nitrogens with one attached hydrogen (secondary N) is 2. The van der Waals surface area contributed by atoms with Crippen LogP contribution in [-0.4, -0.2) is 41.7 Å². The molecule has 1 aromatic heterocycles. The molecule has 0 spiro atoms. The SMILES string of the molecule is Cn1cc(NC(=O)NCCCN2CCCCCC2)c2ccccc2c1=O. The van der Waals surface area contributed by atoms with E-state index in [1.54, 1.807) is 19.3 Å². The molecule has 0 atom stereocenters. The fourth-order valence-corrected chi connectivity index (χ4v) is 3.55. The van der Waals surface area contributed by atoms with E-state index in [0.717, 1.165) is 18.4 Å². The van der Waals surface area contributed by atoms with Crippen LogP contribution in [0.4, 0.5) is 10.5 Å². The molecule has 26 heavy (non-hydrogen) atoms. The summed E-state index contributed by atoms with van der Waals surface area (Å²) in [5.41, 5.74) is 0.580. The van der Waals surface area contributed by atoms with Gasteiger partial charge in [0.15, 0.2) is 0 Å². The van der Waals surface area contributed by atoms with Crippen LogP contribution in [0.25, 0.3) is 10.8 Å². The van der Waals surface area contributed by atoms with Gasteiger partial charge in [-0.3, -0.25) is 4.79 Å². The zero-order chi connectivity index (χ0) is 18.4. The predicted molar refractivity (Wildman–Crippen MR) is 106 cm³/mol. The first-order valence-electron chi connectivity index (χ1n) is 9.51. The molecule has 2 aromatic rings. The number of benzene rings is 1. The van der Waals surface area contributed by atoms with Crippen molar-refractivity contribution in [1.29, 1.82) is 0 Å². The maximum Gasteiger partial charge on any atom is 0.319 e. The van der Waals surface area contributed by atoms with Crippen molar-refractivity contribution in [2.45, 2.75) is 32.1 Å². The lowest BCUT2D eigenvalue weighted by Gasteiger charge is -2.19. The molecule has 3 rings (SSSR count). The summed E-state index contributed by atoms with van der Waals surface area (Å²) < 4.78 is 1.50. The van der Waals surface area contributed by atoms with Gasteiger partial charge in [-0.1, -0.05) is 31.0 Å². The molecule has 2 heterocycles. The highest BCUT2D eigenvalue weighted by molar-refractivity contribution is 6.00. The number of aryl methyl sites for hydroxylation is 1. The number of anilines is 1. The molecule has 2 amide bonds. The molecule has 6 nitrogen and oxygen atoms in total. The van der Waals surface area contributed by atoms with E-state index in [1.165, 1.54) is 43.3 Å². The molecule has 1 fully saturated rings. The molecule has 2 N–H and O–H groups in total. The Bertz CT molecular complexity index is 807. The molecule has 0 radical (unpaired) electrons. The van der Waals surface area contributed by atoms with E-state index in [4.69, 9.17) is 0 Å². The van der Waals surface area contributed by atoms with E-state index in [-0.39, 0.29) is 11.6 Å². The van der Waals surface area contributed by atoms with Crippen LogP contribution >= 0.6 is 0 Å². The van der Waals surface area contributed by atoms with Crippen molar-refractivity contribution in [3.8, 4) is 0 Å². The van der Waals surface area contributed by atoms with Crippen molar-refractivity contribution < 1.29 is 4.79 Å². The second kappa shape index (κ2) is 8.85. The van der Waals surface area contributed by atoms with E-state index >= 15 is 0 Å². The summed E-state index contributed by atoms with van der Waals surface area (Å²) in [7, 11) is 1.69. The van der Waals surface area contributed by atoms with Crippen LogP contribution in [-0.2, 0) is 7.05 Å². The number of nitrogens with zero attached hydrogens (tertiary/aromatic N) is 2. The van der Waals surface area contributed by atoms with Crippen LogP contribution in [0.2, 0.25) is 0 Å². The van der Waals surface area contributed by atoms with E-state index in [2.05, 4.69) is 15.5 Å². The third-order valence-corrected chi connectivity index (χ3v) is 4.97. The second-order valence-corrected chi connectivity index (χ2v) is 6.99. The Morgan fingerprint density at radius 2 is 1.77 bits per heavy atom. The Hall–Kier alpha value is -2.34. The zero-order valence-corrected chi connectivity index (χ0v) is 15.5. The minimum Gasteiger partial charge on any atom is -0.338 e. The monoisotopic (exact) mass is 356 g/mol. The van der Waals surface area contributed by atoms with Crippen LogP contribution in [0.15, 0.2) is 35.3 Å². The van der Waals surface area contributed by atoms with E-state index in [1.807, 2.05) is 18.2 Å². The minimum absolute atomic E-state index is 0.0657. The van der Waals surface area contributed by atoms with Crippen molar-refractivity contribution >= 4 is 22.5 Å². The number of urea groups is 1. The highest BCUT2D eigenvalue weighted by Crippen LogP contribution is 2.19. The predicted octanol–water partition coefficient (Wildman–Crippen LogP) is 2.93. The largest absolute Gasteiger partial charge is 0.338 e. The molecule has 1 aliphatic rings. The van der Waals surface area contributed by atoms with Gasteiger partial charge in [-0.15, -0.1) is 0 Å². The Morgan fingerprint density at radius 1 is 1.08 bits per heavy atom. The van der Waals surface area contributed by atoms with E-state index in [0.29, 0.717) is 17.6 Å². The first-order chi connectivity index (χ1) is 12.6. The van der Waals surface area contributed by atoms with Crippen LogP contribution in [0, 0.1) is 0 Å². The summed E-state index contributed by atoms with van der Waals surface area (Å²) in [5, 5.41) is 7.16.